The maximum atomic E-state index is 12.7. The Balaban J connectivity index is 2.06. The molecule has 0 saturated carbocycles. The highest BCUT2D eigenvalue weighted by molar-refractivity contribution is 6.29. The molecule has 3 heteroatoms. The first-order chi connectivity index (χ1) is 8.13. The quantitative estimate of drug-likeness (QED) is 0.788. The van der Waals surface area contributed by atoms with Crippen molar-refractivity contribution in [3.63, 3.8) is 0 Å². The second-order valence-electron chi connectivity index (χ2n) is 3.87. The fraction of sp³-hybridized carbons (Fsp3) is 0.143. The Morgan fingerprint density at radius 2 is 1.76 bits per heavy atom. The fourth-order valence-corrected chi connectivity index (χ4v) is 1.74. The molecule has 0 radical (unpaired) electrons. The SMILES string of the molecule is C=C(Cl)Cc1ccc(Cc2ccc(F)cc2)o1. The normalized spacial score (nSPS) is 10.5. The van der Waals surface area contributed by atoms with E-state index in [2.05, 4.69) is 6.58 Å². The molecule has 2 rings (SSSR count). The molecule has 1 aromatic carbocycles. The van der Waals surface area contributed by atoms with Crippen LogP contribution in [0.5, 0.6) is 0 Å². The van der Waals surface area contributed by atoms with Gasteiger partial charge in [0.1, 0.15) is 17.3 Å². The lowest BCUT2D eigenvalue weighted by molar-refractivity contribution is 0.483. The molecule has 0 atom stereocenters. The average Bonchev–Trinajstić information content (AvgIpc) is 2.68. The van der Waals surface area contributed by atoms with E-state index in [4.69, 9.17) is 16.0 Å². The summed E-state index contributed by atoms with van der Waals surface area (Å²) in [5.41, 5.74) is 1.01. The maximum Gasteiger partial charge on any atom is 0.123 e. The first-order valence-electron chi connectivity index (χ1n) is 5.29. The van der Waals surface area contributed by atoms with Crippen LogP contribution in [0.25, 0.3) is 0 Å². The monoisotopic (exact) mass is 250 g/mol. The molecule has 0 fully saturated rings. The highest BCUT2D eigenvalue weighted by atomic mass is 35.5. The molecule has 1 aromatic heterocycles. The van der Waals surface area contributed by atoms with Gasteiger partial charge in [-0.05, 0) is 29.8 Å². The summed E-state index contributed by atoms with van der Waals surface area (Å²) < 4.78 is 18.3. The lowest BCUT2D eigenvalue weighted by atomic mass is 10.1. The third-order valence-electron chi connectivity index (χ3n) is 2.37. The predicted molar refractivity (Wildman–Crippen MR) is 66.6 cm³/mol. The molecular weight excluding hydrogens is 239 g/mol. The van der Waals surface area contributed by atoms with E-state index >= 15 is 0 Å². The van der Waals surface area contributed by atoms with Gasteiger partial charge < -0.3 is 4.42 Å². The van der Waals surface area contributed by atoms with E-state index in [1.54, 1.807) is 12.1 Å². The highest BCUT2D eigenvalue weighted by Crippen LogP contribution is 2.17. The zero-order valence-corrected chi connectivity index (χ0v) is 10.0. The molecule has 0 aliphatic heterocycles. The Bertz CT molecular complexity index is 513. The van der Waals surface area contributed by atoms with Crippen molar-refractivity contribution in [3.8, 4) is 0 Å². The Kier molecular flexibility index (Phi) is 3.64. The summed E-state index contributed by atoms with van der Waals surface area (Å²) >= 11 is 5.70. The molecule has 0 aliphatic rings. The standard InChI is InChI=1S/C14H12ClFO/c1-10(15)8-13-6-7-14(17-13)9-11-2-4-12(16)5-3-11/h2-7H,1,8-9H2. The smallest absolute Gasteiger partial charge is 0.123 e. The van der Waals surface area contributed by atoms with Gasteiger partial charge in [-0.15, -0.1) is 0 Å². The van der Waals surface area contributed by atoms with Crippen molar-refractivity contribution in [2.24, 2.45) is 0 Å². The number of hydrogen-bond donors (Lipinski definition) is 0. The van der Waals surface area contributed by atoms with Crippen LogP contribution in [0.2, 0.25) is 0 Å². The van der Waals surface area contributed by atoms with Crippen LogP contribution < -0.4 is 0 Å². The summed E-state index contributed by atoms with van der Waals surface area (Å²) in [6.45, 7) is 3.62. The Hall–Kier alpha value is -1.54. The minimum atomic E-state index is -0.229. The minimum absolute atomic E-state index is 0.229. The van der Waals surface area contributed by atoms with E-state index in [1.807, 2.05) is 12.1 Å². The molecule has 0 bridgehead atoms. The Morgan fingerprint density at radius 3 is 2.41 bits per heavy atom. The maximum absolute atomic E-state index is 12.7. The molecule has 1 heterocycles. The third-order valence-corrected chi connectivity index (χ3v) is 2.51. The van der Waals surface area contributed by atoms with Crippen LogP contribution >= 0.6 is 11.6 Å². The lowest BCUT2D eigenvalue weighted by Gasteiger charge is -1.98. The Morgan fingerprint density at radius 1 is 1.12 bits per heavy atom. The van der Waals surface area contributed by atoms with Crippen molar-refractivity contribution >= 4 is 11.6 Å². The zero-order valence-electron chi connectivity index (χ0n) is 9.25. The topological polar surface area (TPSA) is 13.1 Å². The second kappa shape index (κ2) is 5.19. The van der Waals surface area contributed by atoms with Crippen molar-refractivity contribution in [1.29, 1.82) is 0 Å². The van der Waals surface area contributed by atoms with Crippen LogP contribution in [0.4, 0.5) is 4.39 Å². The average molecular weight is 251 g/mol. The van der Waals surface area contributed by atoms with E-state index in [1.165, 1.54) is 12.1 Å². The summed E-state index contributed by atoms with van der Waals surface area (Å²) in [6.07, 6.45) is 1.18. The van der Waals surface area contributed by atoms with Crippen LogP contribution in [0.15, 0.2) is 52.4 Å². The van der Waals surface area contributed by atoms with Crippen LogP contribution in [0.3, 0.4) is 0 Å². The number of benzene rings is 1. The largest absolute Gasteiger partial charge is 0.465 e. The Labute approximate surface area is 105 Å². The van der Waals surface area contributed by atoms with Crippen molar-refractivity contribution in [1.82, 2.24) is 0 Å². The van der Waals surface area contributed by atoms with Gasteiger partial charge in [-0.3, -0.25) is 0 Å². The highest BCUT2D eigenvalue weighted by Gasteiger charge is 2.04. The number of furan rings is 1. The fourth-order valence-electron chi connectivity index (χ4n) is 1.60. The van der Waals surface area contributed by atoms with Gasteiger partial charge in [0.15, 0.2) is 0 Å². The molecule has 17 heavy (non-hydrogen) atoms. The molecule has 0 aliphatic carbocycles. The van der Waals surface area contributed by atoms with E-state index in [0.29, 0.717) is 17.9 Å². The van der Waals surface area contributed by atoms with Crippen molar-refractivity contribution in [2.45, 2.75) is 12.8 Å². The third kappa shape index (κ3) is 3.46. The summed E-state index contributed by atoms with van der Waals surface area (Å²) in [5.74, 6) is 1.40. The first-order valence-corrected chi connectivity index (χ1v) is 5.66. The van der Waals surface area contributed by atoms with Crippen molar-refractivity contribution in [2.75, 3.05) is 0 Å². The van der Waals surface area contributed by atoms with Crippen LogP contribution in [0, 0.1) is 5.82 Å². The van der Waals surface area contributed by atoms with Gasteiger partial charge in [0.2, 0.25) is 0 Å². The molecule has 0 N–H and O–H groups in total. The predicted octanol–water partition coefficient (Wildman–Crippen LogP) is 4.30. The lowest BCUT2D eigenvalue weighted by Crippen LogP contribution is -1.86. The van der Waals surface area contributed by atoms with Gasteiger partial charge in [0, 0.05) is 17.9 Å². The summed E-state index contributed by atoms with van der Waals surface area (Å²) in [7, 11) is 0. The van der Waals surface area contributed by atoms with Gasteiger partial charge >= 0.3 is 0 Å². The number of rotatable bonds is 4. The summed E-state index contributed by atoms with van der Waals surface area (Å²) in [6, 6.07) is 10.2. The van der Waals surface area contributed by atoms with Gasteiger partial charge in [0.05, 0.1) is 0 Å². The molecule has 0 spiro atoms. The van der Waals surface area contributed by atoms with E-state index in [-0.39, 0.29) is 5.82 Å². The van der Waals surface area contributed by atoms with Crippen molar-refractivity contribution in [3.05, 3.63) is 70.9 Å². The van der Waals surface area contributed by atoms with E-state index in [9.17, 15) is 4.39 Å². The molecule has 88 valence electrons. The molecule has 0 unspecified atom stereocenters. The second-order valence-corrected chi connectivity index (χ2v) is 4.40. The number of hydrogen-bond acceptors (Lipinski definition) is 1. The van der Waals surface area contributed by atoms with Crippen molar-refractivity contribution < 1.29 is 8.81 Å². The van der Waals surface area contributed by atoms with Crippen LogP contribution in [0.1, 0.15) is 17.1 Å². The molecule has 0 saturated heterocycles. The molecule has 1 nitrogen and oxygen atoms in total. The van der Waals surface area contributed by atoms with Gasteiger partial charge in [-0.1, -0.05) is 30.3 Å². The molecule has 2 aromatic rings. The minimum Gasteiger partial charge on any atom is -0.465 e. The van der Waals surface area contributed by atoms with Crippen LogP contribution in [-0.4, -0.2) is 0 Å². The molecule has 0 amide bonds. The van der Waals surface area contributed by atoms with Crippen LogP contribution in [-0.2, 0) is 12.8 Å². The number of halogens is 2. The first kappa shape index (κ1) is 11.9. The molecular formula is C14H12ClFO. The number of allylic oxidation sites excluding steroid dienone is 1. The van der Waals surface area contributed by atoms with Gasteiger partial charge in [0.25, 0.3) is 0 Å². The van der Waals surface area contributed by atoms with Gasteiger partial charge in [-0.25, -0.2) is 4.39 Å². The van der Waals surface area contributed by atoms with Gasteiger partial charge in [-0.2, -0.15) is 0 Å². The zero-order chi connectivity index (χ0) is 12.3. The summed E-state index contributed by atoms with van der Waals surface area (Å²) in [5, 5.41) is 0.549. The van der Waals surface area contributed by atoms with E-state index in [0.717, 1.165) is 17.1 Å². The van der Waals surface area contributed by atoms with E-state index < -0.39 is 0 Å². The summed E-state index contributed by atoms with van der Waals surface area (Å²) in [4.78, 5) is 0.